The maximum Gasteiger partial charge on any atom is 0.396 e. The Balaban J connectivity index is 2.70. The standard InChI is InChI=1S/C23H20Cl2F3NO3/c1-14(2)22(21(30)31,19(12-20(24)25)23(26,27)28)18(13-29)15-7-6-10-17(11-15)32-16-8-4-3-5-9-16/h3-12,14,18-19H,1-2H3,(H,30,31). The number of nitrogens with zero attached hydrogens (tertiary/aromatic N) is 1. The fourth-order valence-corrected chi connectivity index (χ4v) is 4.10. The molecule has 0 aromatic heterocycles. The van der Waals surface area contributed by atoms with E-state index in [0.717, 1.165) is 0 Å². The molecule has 2 aromatic carbocycles. The van der Waals surface area contributed by atoms with Crippen LogP contribution in [0, 0.1) is 28.6 Å². The zero-order valence-electron chi connectivity index (χ0n) is 17.1. The predicted octanol–water partition coefficient (Wildman–Crippen LogP) is 7.31. The van der Waals surface area contributed by atoms with Crippen LogP contribution in [0.4, 0.5) is 13.2 Å². The second kappa shape index (κ2) is 10.3. The van der Waals surface area contributed by atoms with Crippen molar-refractivity contribution in [2.75, 3.05) is 0 Å². The summed E-state index contributed by atoms with van der Waals surface area (Å²) in [5.74, 6) is -6.53. The van der Waals surface area contributed by atoms with Crippen molar-refractivity contribution in [3.63, 3.8) is 0 Å². The summed E-state index contributed by atoms with van der Waals surface area (Å²) in [4.78, 5) is 12.5. The third kappa shape index (κ3) is 5.37. The zero-order valence-corrected chi connectivity index (χ0v) is 18.6. The number of para-hydroxylation sites is 1. The number of carbonyl (C=O) groups is 1. The molecule has 9 heteroatoms. The van der Waals surface area contributed by atoms with Crippen molar-refractivity contribution >= 4 is 29.2 Å². The third-order valence-corrected chi connectivity index (χ3v) is 5.51. The number of carboxylic acid groups (broad SMARTS) is 1. The lowest BCUT2D eigenvalue weighted by atomic mass is 9.58. The Morgan fingerprint density at radius 2 is 1.69 bits per heavy atom. The molecule has 3 atom stereocenters. The molecule has 0 spiro atoms. The fourth-order valence-electron chi connectivity index (χ4n) is 3.84. The molecule has 0 aliphatic rings. The minimum atomic E-state index is -5.04. The summed E-state index contributed by atoms with van der Waals surface area (Å²) in [7, 11) is 0. The number of hydrogen-bond acceptors (Lipinski definition) is 3. The molecule has 4 nitrogen and oxygen atoms in total. The first-order chi connectivity index (χ1) is 14.9. The van der Waals surface area contributed by atoms with Crippen molar-refractivity contribution in [3.05, 3.63) is 70.7 Å². The Morgan fingerprint density at radius 3 is 2.16 bits per heavy atom. The normalized spacial score (nSPS) is 15.2. The SMILES string of the molecule is CC(C)C(C(=O)O)(C(C#N)c1cccc(Oc2ccccc2)c1)C(C=C(Cl)Cl)C(F)(F)F. The van der Waals surface area contributed by atoms with Gasteiger partial charge in [-0.1, -0.05) is 67.4 Å². The molecule has 0 fully saturated rings. The van der Waals surface area contributed by atoms with Gasteiger partial charge in [-0.2, -0.15) is 18.4 Å². The Hall–Kier alpha value is -2.69. The predicted molar refractivity (Wildman–Crippen MR) is 116 cm³/mol. The number of aliphatic carboxylic acids is 1. The van der Waals surface area contributed by atoms with Gasteiger partial charge in [0, 0.05) is 0 Å². The van der Waals surface area contributed by atoms with E-state index in [1.54, 1.807) is 42.5 Å². The quantitative estimate of drug-likeness (QED) is 0.425. The van der Waals surface area contributed by atoms with Gasteiger partial charge in [-0.15, -0.1) is 0 Å². The van der Waals surface area contributed by atoms with E-state index in [-0.39, 0.29) is 11.3 Å². The minimum Gasteiger partial charge on any atom is -0.481 e. The average Bonchev–Trinajstić information content (AvgIpc) is 2.70. The van der Waals surface area contributed by atoms with Crippen LogP contribution in [0.15, 0.2) is 65.2 Å². The lowest BCUT2D eigenvalue weighted by molar-refractivity contribution is -0.211. The molecular formula is C23H20Cl2F3NO3. The zero-order chi connectivity index (χ0) is 24.1. The van der Waals surface area contributed by atoms with Crippen LogP contribution in [-0.2, 0) is 4.79 Å². The summed E-state index contributed by atoms with van der Waals surface area (Å²) < 4.78 is 47.3. The van der Waals surface area contributed by atoms with Crippen LogP contribution in [-0.4, -0.2) is 17.3 Å². The average molecular weight is 486 g/mol. The molecule has 0 saturated carbocycles. The smallest absolute Gasteiger partial charge is 0.396 e. The van der Waals surface area contributed by atoms with E-state index >= 15 is 0 Å². The molecule has 0 saturated heterocycles. The molecule has 0 bridgehead atoms. The van der Waals surface area contributed by atoms with Crippen LogP contribution < -0.4 is 4.74 Å². The number of rotatable bonds is 8. The number of alkyl halides is 3. The molecule has 0 amide bonds. The van der Waals surface area contributed by atoms with Gasteiger partial charge in [-0.25, -0.2) is 0 Å². The largest absolute Gasteiger partial charge is 0.481 e. The Kier molecular flexibility index (Phi) is 8.22. The van der Waals surface area contributed by atoms with E-state index in [4.69, 9.17) is 27.9 Å². The van der Waals surface area contributed by atoms with Crippen LogP contribution in [0.3, 0.4) is 0 Å². The molecule has 1 N–H and O–H groups in total. The number of benzene rings is 2. The number of allylic oxidation sites excluding steroid dienone is 1. The van der Waals surface area contributed by atoms with E-state index in [2.05, 4.69) is 0 Å². The third-order valence-electron chi connectivity index (χ3n) is 5.26. The maximum absolute atomic E-state index is 14.1. The molecule has 0 aliphatic carbocycles. The molecule has 2 rings (SSSR count). The van der Waals surface area contributed by atoms with Gasteiger partial charge in [0.15, 0.2) is 0 Å². The number of nitriles is 1. The summed E-state index contributed by atoms with van der Waals surface area (Å²) >= 11 is 11.1. The van der Waals surface area contributed by atoms with Crippen LogP contribution in [0.1, 0.15) is 25.3 Å². The van der Waals surface area contributed by atoms with E-state index in [9.17, 15) is 28.3 Å². The van der Waals surface area contributed by atoms with Crippen molar-refractivity contribution in [2.24, 2.45) is 17.3 Å². The summed E-state index contributed by atoms with van der Waals surface area (Å²) in [5, 5.41) is 20.0. The molecule has 0 heterocycles. The van der Waals surface area contributed by atoms with E-state index < -0.39 is 39.8 Å². The van der Waals surface area contributed by atoms with E-state index in [0.29, 0.717) is 11.8 Å². The van der Waals surface area contributed by atoms with Gasteiger partial charge in [0.2, 0.25) is 0 Å². The van der Waals surface area contributed by atoms with Gasteiger partial charge >= 0.3 is 12.1 Å². The van der Waals surface area contributed by atoms with Gasteiger partial charge in [0.05, 0.1) is 17.9 Å². The molecular weight excluding hydrogens is 466 g/mol. The van der Waals surface area contributed by atoms with Gasteiger partial charge in [0.25, 0.3) is 0 Å². The first kappa shape index (κ1) is 25.6. The lowest BCUT2D eigenvalue weighted by Gasteiger charge is -2.43. The molecule has 0 aliphatic heterocycles. The monoisotopic (exact) mass is 485 g/mol. The Bertz CT molecular complexity index is 1020. The van der Waals surface area contributed by atoms with Crippen LogP contribution in [0.2, 0.25) is 0 Å². The summed E-state index contributed by atoms with van der Waals surface area (Å²) in [6, 6.07) is 16.2. The van der Waals surface area contributed by atoms with Crippen molar-refractivity contribution in [1.82, 2.24) is 0 Å². The topological polar surface area (TPSA) is 70.3 Å². The number of hydrogen-bond donors (Lipinski definition) is 1. The van der Waals surface area contributed by atoms with Gasteiger partial charge < -0.3 is 9.84 Å². The molecule has 0 radical (unpaired) electrons. The van der Waals surface area contributed by atoms with Crippen molar-refractivity contribution in [3.8, 4) is 17.6 Å². The maximum atomic E-state index is 14.1. The van der Waals surface area contributed by atoms with Gasteiger partial charge in [0.1, 0.15) is 21.4 Å². The number of carboxylic acids is 1. The van der Waals surface area contributed by atoms with Gasteiger partial charge in [-0.3, -0.25) is 4.79 Å². The van der Waals surface area contributed by atoms with E-state index in [1.807, 2.05) is 0 Å². The number of ether oxygens (including phenoxy) is 1. The summed E-state index contributed by atoms with van der Waals surface area (Å²) in [5.41, 5.74) is -2.56. The summed E-state index contributed by atoms with van der Waals surface area (Å²) in [6.07, 6.45) is -4.60. The molecule has 3 unspecified atom stereocenters. The molecule has 2 aromatic rings. The van der Waals surface area contributed by atoms with Crippen LogP contribution in [0.25, 0.3) is 0 Å². The first-order valence-corrected chi connectivity index (χ1v) is 10.3. The second-order valence-electron chi connectivity index (χ2n) is 7.42. The van der Waals surface area contributed by atoms with E-state index in [1.165, 1.54) is 32.0 Å². The highest BCUT2D eigenvalue weighted by atomic mass is 35.5. The second-order valence-corrected chi connectivity index (χ2v) is 8.43. The number of halogens is 5. The molecule has 170 valence electrons. The Morgan fingerprint density at radius 1 is 1.09 bits per heavy atom. The summed E-state index contributed by atoms with van der Waals surface area (Å²) in [6.45, 7) is 2.63. The minimum absolute atomic E-state index is 0.0605. The lowest BCUT2D eigenvalue weighted by Crippen LogP contribution is -2.52. The van der Waals surface area contributed by atoms with Crippen molar-refractivity contribution < 1.29 is 27.8 Å². The Labute approximate surface area is 193 Å². The van der Waals surface area contributed by atoms with Crippen molar-refractivity contribution in [1.29, 1.82) is 5.26 Å². The van der Waals surface area contributed by atoms with Crippen molar-refractivity contribution in [2.45, 2.75) is 25.9 Å². The van der Waals surface area contributed by atoms with Gasteiger partial charge in [-0.05, 0) is 41.8 Å². The first-order valence-electron chi connectivity index (χ1n) is 9.50. The van der Waals surface area contributed by atoms with Crippen LogP contribution in [0.5, 0.6) is 11.5 Å². The highest BCUT2D eigenvalue weighted by molar-refractivity contribution is 6.55. The highest BCUT2D eigenvalue weighted by Crippen LogP contribution is 2.55. The highest BCUT2D eigenvalue weighted by Gasteiger charge is 2.63. The van der Waals surface area contributed by atoms with Crippen LogP contribution >= 0.6 is 23.2 Å². The fraction of sp³-hybridized carbons (Fsp3) is 0.304. The molecule has 32 heavy (non-hydrogen) atoms.